The molecule has 0 spiro atoms. The van der Waals surface area contributed by atoms with E-state index in [-0.39, 0.29) is 5.41 Å². The first kappa shape index (κ1) is 11.8. The number of hydrogen-bond acceptors (Lipinski definition) is 2. The second-order valence-electron chi connectivity index (χ2n) is 5.69. The quantitative estimate of drug-likeness (QED) is 0.847. The lowest BCUT2D eigenvalue weighted by atomic mass is 10.1. The molecule has 0 amide bonds. The summed E-state index contributed by atoms with van der Waals surface area (Å²) in [6.45, 7) is 2.25. The second-order valence-corrected chi connectivity index (χ2v) is 5.69. The van der Waals surface area contributed by atoms with Crippen molar-refractivity contribution in [3.8, 4) is 0 Å². The third kappa shape index (κ3) is 2.16. The highest BCUT2D eigenvalue weighted by atomic mass is 16.3. The summed E-state index contributed by atoms with van der Waals surface area (Å²) in [6.07, 6.45) is 4.43. The zero-order valence-corrected chi connectivity index (χ0v) is 10.8. The minimum Gasteiger partial charge on any atom is -0.396 e. The molecule has 3 heteroatoms. The van der Waals surface area contributed by atoms with Gasteiger partial charge in [0.2, 0.25) is 0 Å². The van der Waals surface area contributed by atoms with E-state index in [1.165, 1.54) is 29.3 Å². The molecular formula is C15H20N2O. The third-order valence-electron chi connectivity index (χ3n) is 4.01. The van der Waals surface area contributed by atoms with Crippen LogP contribution in [-0.2, 0) is 6.54 Å². The molecule has 0 bridgehead atoms. The van der Waals surface area contributed by atoms with Crippen molar-refractivity contribution in [2.24, 2.45) is 5.41 Å². The number of aromatic nitrogens is 1. The van der Waals surface area contributed by atoms with Crippen LogP contribution in [-0.4, -0.2) is 35.2 Å². The first-order valence-corrected chi connectivity index (χ1v) is 6.57. The largest absolute Gasteiger partial charge is 0.396 e. The number of H-pyrrole nitrogens is 1. The molecule has 1 aliphatic rings. The summed E-state index contributed by atoms with van der Waals surface area (Å²) in [5.74, 6) is 0. The Kier molecular flexibility index (Phi) is 2.88. The highest BCUT2D eigenvalue weighted by Crippen LogP contribution is 2.45. The van der Waals surface area contributed by atoms with Crippen LogP contribution in [0.1, 0.15) is 18.4 Å². The van der Waals surface area contributed by atoms with E-state index in [0.29, 0.717) is 6.61 Å². The zero-order chi connectivity index (χ0) is 12.6. The summed E-state index contributed by atoms with van der Waals surface area (Å²) in [7, 11) is 2.14. The number of hydrogen-bond donors (Lipinski definition) is 2. The van der Waals surface area contributed by atoms with Crippen LogP contribution >= 0.6 is 0 Å². The van der Waals surface area contributed by atoms with E-state index >= 15 is 0 Å². The van der Waals surface area contributed by atoms with Crippen LogP contribution in [0.2, 0.25) is 0 Å². The fourth-order valence-corrected chi connectivity index (χ4v) is 2.72. The predicted molar refractivity (Wildman–Crippen MR) is 73.4 cm³/mol. The Morgan fingerprint density at radius 2 is 2.11 bits per heavy atom. The number of fused-ring (bicyclic) bond motifs is 1. The number of aliphatic hydroxyl groups excluding tert-OH is 1. The van der Waals surface area contributed by atoms with E-state index in [1.54, 1.807) is 0 Å². The van der Waals surface area contributed by atoms with Gasteiger partial charge in [-0.3, -0.25) is 0 Å². The molecule has 3 nitrogen and oxygen atoms in total. The smallest absolute Gasteiger partial charge is 0.0499 e. The van der Waals surface area contributed by atoms with Gasteiger partial charge in [-0.25, -0.2) is 0 Å². The first-order valence-electron chi connectivity index (χ1n) is 6.57. The molecule has 0 atom stereocenters. The van der Waals surface area contributed by atoms with Crippen LogP contribution in [0.4, 0.5) is 0 Å². The Hall–Kier alpha value is -1.32. The Balaban J connectivity index is 1.72. The van der Waals surface area contributed by atoms with Gasteiger partial charge in [0, 0.05) is 42.2 Å². The Bertz CT molecular complexity index is 542. The number of nitrogens with one attached hydrogen (secondary N) is 1. The van der Waals surface area contributed by atoms with E-state index in [9.17, 15) is 5.11 Å². The fourth-order valence-electron chi connectivity index (χ4n) is 2.72. The maximum Gasteiger partial charge on any atom is 0.0499 e. The van der Waals surface area contributed by atoms with Crippen molar-refractivity contribution in [2.45, 2.75) is 19.4 Å². The summed E-state index contributed by atoms with van der Waals surface area (Å²) < 4.78 is 0. The molecule has 1 aromatic heterocycles. The van der Waals surface area contributed by atoms with E-state index < -0.39 is 0 Å². The zero-order valence-electron chi connectivity index (χ0n) is 10.8. The molecule has 0 aliphatic heterocycles. The maximum absolute atomic E-state index is 9.37. The first-order chi connectivity index (χ1) is 8.72. The Labute approximate surface area is 107 Å². The van der Waals surface area contributed by atoms with Crippen molar-refractivity contribution >= 4 is 10.9 Å². The van der Waals surface area contributed by atoms with Crippen LogP contribution in [0.15, 0.2) is 30.5 Å². The van der Waals surface area contributed by atoms with Crippen LogP contribution < -0.4 is 0 Å². The molecule has 0 unspecified atom stereocenters. The van der Waals surface area contributed by atoms with E-state index in [2.05, 4.69) is 47.4 Å². The molecule has 18 heavy (non-hydrogen) atoms. The Morgan fingerprint density at radius 1 is 1.33 bits per heavy atom. The van der Waals surface area contributed by atoms with Crippen LogP contribution in [0.5, 0.6) is 0 Å². The molecule has 0 saturated heterocycles. The number of benzene rings is 1. The molecule has 1 aromatic carbocycles. The van der Waals surface area contributed by atoms with Gasteiger partial charge in [0.15, 0.2) is 0 Å². The van der Waals surface area contributed by atoms with Gasteiger partial charge in [-0.1, -0.05) is 18.2 Å². The summed E-state index contributed by atoms with van der Waals surface area (Å²) in [4.78, 5) is 5.63. The molecular weight excluding hydrogens is 224 g/mol. The topological polar surface area (TPSA) is 39.3 Å². The lowest BCUT2D eigenvalue weighted by molar-refractivity contribution is 0.161. The lowest BCUT2D eigenvalue weighted by Crippen LogP contribution is -2.28. The number of nitrogens with zero attached hydrogens (tertiary/aromatic N) is 1. The van der Waals surface area contributed by atoms with Gasteiger partial charge in [0.1, 0.15) is 0 Å². The van der Waals surface area contributed by atoms with Gasteiger partial charge in [0.05, 0.1) is 0 Å². The molecule has 3 rings (SSSR count). The monoisotopic (exact) mass is 244 g/mol. The lowest BCUT2D eigenvalue weighted by Gasteiger charge is -2.21. The molecule has 1 aliphatic carbocycles. The van der Waals surface area contributed by atoms with Crippen LogP contribution in [0.25, 0.3) is 10.9 Å². The molecule has 1 saturated carbocycles. The molecule has 1 fully saturated rings. The minimum atomic E-state index is 0.195. The second kappa shape index (κ2) is 4.41. The summed E-state index contributed by atoms with van der Waals surface area (Å²) in [5, 5.41) is 10.7. The average Bonchev–Trinajstić information content (AvgIpc) is 3.04. The highest BCUT2D eigenvalue weighted by Gasteiger charge is 2.42. The van der Waals surface area contributed by atoms with Gasteiger partial charge in [-0.2, -0.15) is 0 Å². The van der Waals surface area contributed by atoms with Crippen molar-refractivity contribution in [1.82, 2.24) is 9.88 Å². The van der Waals surface area contributed by atoms with E-state index in [0.717, 1.165) is 13.1 Å². The summed E-state index contributed by atoms with van der Waals surface area (Å²) in [6, 6.07) is 8.40. The minimum absolute atomic E-state index is 0.195. The van der Waals surface area contributed by atoms with E-state index in [1.807, 2.05) is 0 Å². The predicted octanol–water partition coefficient (Wildman–Crippen LogP) is 2.37. The normalized spacial score (nSPS) is 17.5. The molecule has 2 aromatic rings. The van der Waals surface area contributed by atoms with E-state index in [4.69, 9.17) is 0 Å². The van der Waals surface area contributed by atoms with Crippen molar-refractivity contribution in [3.63, 3.8) is 0 Å². The Morgan fingerprint density at radius 3 is 2.83 bits per heavy atom. The fraction of sp³-hybridized carbons (Fsp3) is 0.467. The van der Waals surface area contributed by atoms with Crippen LogP contribution in [0, 0.1) is 5.41 Å². The summed E-state index contributed by atoms with van der Waals surface area (Å²) in [5.41, 5.74) is 2.73. The van der Waals surface area contributed by atoms with Crippen molar-refractivity contribution in [2.75, 3.05) is 20.2 Å². The van der Waals surface area contributed by atoms with Gasteiger partial charge in [0.25, 0.3) is 0 Å². The third-order valence-corrected chi connectivity index (χ3v) is 4.01. The number of para-hydroxylation sites is 1. The van der Waals surface area contributed by atoms with Crippen LogP contribution in [0.3, 0.4) is 0 Å². The molecule has 0 radical (unpaired) electrons. The standard InChI is InChI=1S/C15H20N2O/c1-17(10-15(11-18)6-7-15)9-12-8-16-14-5-3-2-4-13(12)14/h2-5,8,16,18H,6-7,9-11H2,1H3. The summed E-state index contributed by atoms with van der Waals surface area (Å²) >= 11 is 0. The molecule has 2 N–H and O–H groups in total. The number of rotatable bonds is 5. The van der Waals surface area contributed by atoms with Crippen molar-refractivity contribution in [1.29, 1.82) is 0 Å². The average molecular weight is 244 g/mol. The molecule has 1 heterocycles. The number of aromatic amines is 1. The number of aliphatic hydroxyl groups is 1. The van der Waals surface area contributed by atoms with Gasteiger partial charge >= 0.3 is 0 Å². The van der Waals surface area contributed by atoms with Gasteiger partial charge in [-0.05, 0) is 31.5 Å². The SMILES string of the molecule is CN(Cc1c[nH]c2ccccc12)CC1(CO)CC1. The highest BCUT2D eigenvalue weighted by molar-refractivity contribution is 5.82. The molecule has 96 valence electrons. The van der Waals surface area contributed by atoms with Crippen molar-refractivity contribution < 1.29 is 5.11 Å². The maximum atomic E-state index is 9.37. The van der Waals surface area contributed by atoms with Crippen molar-refractivity contribution in [3.05, 3.63) is 36.0 Å². The van der Waals surface area contributed by atoms with Gasteiger partial charge in [-0.15, -0.1) is 0 Å². The van der Waals surface area contributed by atoms with Gasteiger partial charge < -0.3 is 15.0 Å².